The van der Waals surface area contributed by atoms with Gasteiger partial charge in [-0.05, 0) is 24.6 Å². The van der Waals surface area contributed by atoms with Crippen molar-refractivity contribution in [2.24, 2.45) is 0 Å². The Morgan fingerprint density at radius 2 is 2.17 bits per heavy atom. The van der Waals surface area contributed by atoms with E-state index in [9.17, 15) is 4.79 Å². The van der Waals surface area contributed by atoms with Crippen LogP contribution in [0.5, 0.6) is 0 Å². The van der Waals surface area contributed by atoms with Gasteiger partial charge in [0.2, 0.25) is 0 Å². The normalized spacial score (nSPS) is 10.1. The number of carbonyl (C=O) groups is 1. The van der Waals surface area contributed by atoms with Crippen LogP contribution in [0.15, 0.2) is 35.2 Å². The average molecular weight is 307 g/mol. The summed E-state index contributed by atoms with van der Waals surface area (Å²) in [5, 5.41) is 2.66. The Bertz CT molecular complexity index is 586. The Morgan fingerprint density at radius 1 is 1.39 bits per heavy atom. The quantitative estimate of drug-likeness (QED) is 0.835. The molecule has 1 amide bonds. The molecule has 1 heterocycles. The summed E-state index contributed by atoms with van der Waals surface area (Å²) >= 11 is 3.31. The summed E-state index contributed by atoms with van der Waals surface area (Å²) in [7, 11) is 0. The number of benzene rings is 1. The number of nitrogen functional groups attached to an aromatic ring is 1. The Hall–Kier alpha value is -1.95. The van der Waals surface area contributed by atoms with Crippen LogP contribution in [0.1, 0.15) is 15.9 Å². The lowest BCUT2D eigenvalue weighted by Crippen LogP contribution is -2.15. The van der Waals surface area contributed by atoms with Gasteiger partial charge >= 0.3 is 0 Å². The molecule has 18 heavy (non-hydrogen) atoms. The molecule has 5 nitrogen and oxygen atoms in total. The summed E-state index contributed by atoms with van der Waals surface area (Å²) in [6, 6.07) is 3.48. The lowest BCUT2D eigenvalue weighted by Gasteiger charge is -2.09. The monoisotopic (exact) mass is 306 g/mol. The van der Waals surface area contributed by atoms with E-state index in [0.29, 0.717) is 17.1 Å². The number of amides is 1. The van der Waals surface area contributed by atoms with Crippen molar-refractivity contribution in [3.8, 4) is 0 Å². The number of halogens is 1. The van der Waals surface area contributed by atoms with Gasteiger partial charge in [0.1, 0.15) is 0 Å². The van der Waals surface area contributed by atoms with Gasteiger partial charge in [-0.2, -0.15) is 0 Å². The zero-order valence-corrected chi connectivity index (χ0v) is 11.2. The molecule has 0 unspecified atom stereocenters. The Kier molecular flexibility index (Phi) is 3.57. The first-order valence-electron chi connectivity index (χ1n) is 5.21. The predicted octanol–water partition coefficient (Wildman–Crippen LogP) is 2.38. The first kappa shape index (κ1) is 12.5. The van der Waals surface area contributed by atoms with Crippen LogP contribution in [0.25, 0.3) is 0 Å². The van der Waals surface area contributed by atoms with Crippen molar-refractivity contribution in [2.45, 2.75) is 6.92 Å². The van der Waals surface area contributed by atoms with Gasteiger partial charge in [-0.1, -0.05) is 15.9 Å². The molecular weight excluding hydrogens is 296 g/mol. The molecule has 1 aromatic heterocycles. The number of nitrogens with one attached hydrogen (secondary N) is 1. The molecule has 0 aliphatic rings. The van der Waals surface area contributed by atoms with E-state index >= 15 is 0 Å². The van der Waals surface area contributed by atoms with Crippen LogP contribution in [-0.2, 0) is 0 Å². The van der Waals surface area contributed by atoms with Crippen LogP contribution in [0.3, 0.4) is 0 Å². The zero-order valence-electron chi connectivity index (χ0n) is 9.64. The Balaban J connectivity index is 2.30. The number of hydrogen-bond donors (Lipinski definition) is 2. The SMILES string of the molecule is Cc1c(N)cc(Br)cc1C(=O)Nc1cnccn1. The zero-order chi connectivity index (χ0) is 13.1. The summed E-state index contributed by atoms with van der Waals surface area (Å²) in [5.74, 6) is 0.140. The highest BCUT2D eigenvalue weighted by molar-refractivity contribution is 9.10. The van der Waals surface area contributed by atoms with E-state index in [2.05, 4.69) is 31.2 Å². The minimum absolute atomic E-state index is 0.263. The van der Waals surface area contributed by atoms with Crippen molar-refractivity contribution in [1.82, 2.24) is 9.97 Å². The molecule has 0 aliphatic heterocycles. The van der Waals surface area contributed by atoms with E-state index in [1.165, 1.54) is 18.6 Å². The van der Waals surface area contributed by atoms with Gasteiger partial charge in [0.15, 0.2) is 5.82 Å². The number of anilines is 2. The van der Waals surface area contributed by atoms with Crippen LogP contribution in [-0.4, -0.2) is 15.9 Å². The second-order valence-corrected chi connectivity index (χ2v) is 4.63. The molecule has 2 aromatic rings. The highest BCUT2D eigenvalue weighted by Crippen LogP contribution is 2.23. The summed E-state index contributed by atoms with van der Waals surface area (Å²) in [5.41, 5.74) is 7.62. The summed E-state index contributed by atoms with van der Waals surface area (Å²) < 4.78 is 0.759. The van der Waals surface area contributed by atoms with E-state index < -0.39 is 0 Å². The molecule has 0 bridgehead atoms. The van der Waals surface area contributed by atoms with Crippen molar-refractivity contribution in [3.05, 3.63) is 46.3 Å². The highest BCUT2D eigenvalue weighted by Gasteiger charge is 2.12. The van der Waals surface area contributed by atoms with Crippen LogP contribution in [0.4, 0.5) is 11.5 Å². The first-order chi connectivity index (χ1) is 8.58. The molecule has 3 N–H and O–H groups in total. The Morgan fingerprint density at radius 3 is 2.83 bits per heavy atom. The highest BCUT2D eigenvalue weighted by atomic mass is 79.9. The molecule has 6 heteroatoms. The number of hydrogen-bond acceptors (Lipinski definition) is 4. The van der Waals surface area contributed by atoms with E-state index in [4.69, 9.17) is 5.73 Å². The van der Waals surface area contributed by atoms with Crippen LogP contribution >= 0.6 is 15.9 Å². The number of nitrogens with two attached hydrogens (primary N) is 1. The lowest BCUT2D eigenvalue weighted by molar-refractivity contribution is 0.102. The standard InChI is InChI=1S/C12H11BrN4O/c1-7-9(4-8(13)5-10(7)14)12(18)17-11-6-15-2-3-16-11/h2-6H,14H2,1H3,(H,16,17,18). The van der Waals surface area contributed by atoms with Gasteiger partial charge < -0.3 is 11.1 Å². The number of rotatable bonds is 2. The minimum Gasteiger partial charge on any atom is -0.398 e. The van der Waals surface area contributed by atoms with Crippen molar-refractivity contribution < 1.29 is 4.79 Å². The summed E-state index contributed by atoms with van der Waals surface area (Å²) in [6.07, 6.45) is 4.53. The molecule has 1 aromatic carbocycles. The van der Waals surface area contributed by atoms with Crippen molar-refractivity contribution in [2.75, 3.05) is 11.1 Å². The molecule has 0 saturated heterocycles. The fourth-order valence-electron chi connectivity index (χ4n) is 1.48. The minimum atomic E-state index is -0.263. The van der Waals surface area contributed by atoms with Crippen molar-refractivity contribution in [1.29, 1.82) is 0 Å². The van der Waals surface area contributed by atoms with Gasteiger partial charge in [-0.15, -0.1) is 0 Å². The molecule has 0 radical (unpaired) electrons. The molecule has 0 spiro atoms. The summed E-state index contributed by atoms with van der Waals surface area (Å²) in [4.78, 5) is 19.9. The number of nitrogens with zero attached hydrogens (tertiary/aromatic N) is 2. The third-order valence-electron chi connectivity index (χ3n) is 2.46. The number of aromatic nitrogens is 2. The van der Waals surface area contributed by atoms with E-state index in [1.807, 2.05) is 0 Å². The van der Waals surface area contributed by atoms with E-state index in [1.54, 1.807) is 19.1 Å². The molecule has 0 saturated carbocycles. The van der Waals surface area contributed by atoms with Gasteiger partial charge in [0, 0.05) is 28.1 Å². The van der Waals surface area contributed by atoms with Gasteiger partial charge in [0.05, 0.1) is 6.20 Å². The van der Waals surface area contributed by atoms with Crippen molar-refractivity contribution >= 4 is 33.3 Å². The second-order valence-electron chi connectivity index (χ2n) is 3.71. The maximum absolute atomic E-state index is 12.1. The van der Waals surface area contributed by atoms with Crippen LogP contribution < -0.4 is 11.1 Å². The third-order valence-corrected chi connectivity index (χ3v) is 2.92. The van der Waals surface area contributed by atoms with Gasteiger partial charge in [-0.25, -0.2) is 4.98 Å². The maximum Gasteiger partial charge on any atom is 0.257 e. The fourth-order valence-corrected chi connectivity index (χ4v) is 1.96. The smallest absolute Gasteiger partial charge is 0.257 e. The van der Waals surface area contributed by atoms with Crippen molar-refractivity contribution in [3.63, 3.8) is 0 Å². The predicted molar refractivity (Wildman–Crippen MR) is 73.3 cm³/mol. The van der Waals surface area contributed by atoms with Gasteiger partial charge in [-0.3, -0.25) is 9.78 Å². The van der Waals surface area contributed by atoms with Crippen LogP contribution in [0, 0.1) is 6.92 Å². The molecule has 0 aliphatic carbocycles. The molecule has 0 atom stereocenters. The molecule has 0 fully saturated rings. The fraction of sp³-hybridized carbons (Fsp3) is 0.0833. The first-order valence-corrected chi connectivity index (χ1v) is 6.00. The second kappa shape index (κ2) is 5.14. The topological polar surface area (TPSA) is 80.9 Å². The molecular formula is C12H11BrN4O. The van der Waals surface area contributed by atoms with E-state index in [0.717, 1.165) is 10.0 Å². The van der Waals surface area contributed by atoms with Crippen LogP contribution in [0.2, 0.25) is 0 Å². The Labute approximate surface area is 113 Å². The maximum atomic E-state index is 12.1. The largest absolute Gasteiger partial charge is 0.398 e. The average Bonchev–Trinajstić information content (AvgIpc) is 2.35. The van der Waals surface area contributed by atoms with E-state index in [-0.39, 0.29) is 5.91 Å². The molecule has 2 rings (SSSR count). The van der Waals surface area contributed by atoms with Gasteiger partial charge in [0.25, 0.3) is 5.91 Å². The third kappa shape index (κ3) is 2.65. The lowest BCUT2D eigenvalue weighted by atomic mass is 10.1. The number of carbonyl (C=O) groups excluding carboxylic acids is 1. The summed E-state index contributed by atoms with van der Waals surface area (Å²) in [6.45, 7) is 1.80. The molecule has 92 valence electrons.